The van der Waals surface area contributed by atoms with Gasteiger partial charge in [-0.15, -0.1) is 5.10 Å². The number of rotatable bonds is 7. The molecule has 0 aliphatic carbocycles. The molecule has 1 atom stereocenters. The number of carbonyl (C=O) groups excluding carboxylic acids is 4. The minimum atomic E-state index is -0.611. The Balaban J connectivity index is 1.48. The highest BCUT2D eigenvalue weighted by molar-refractivity contribution is 6.30. The number of aromatic nitrogens is 4. The summed E-state index contributed by atoms with van der Waals surface area (Å²) in [5.41, 5.74) is 2.80. The average molecular weight is 565 g/mol. The molecule has 0 saturated heterocycles. The van der Waals surface area contributed by atoms with E-state index >= 15 is 0 Å². The summed E-state index contributed by atoms with van der Waals surface area (Å²) in [4.78, 5) is 50.8. The van der Waals surface area contributed by atoms with E-state index in [1.807, 2.05) is 12.2 Å². The van der Waals surface area contributed by atoms with E-state index in [-0.39, 0.29) is 42.4 Å². The van der Waals surface area contributed by atoms with Crippen LogP contribution >= 0.6 is 11.6 Å². The molecule has 0 radical (unpaired) electrons. The fraction of sp³-hybridized carbons (Fsp3) is 0.321. The number of halogens is 1. The molecule has 3 aromatic rings. The van der Waals surface area contributed by atoms with Crippen molar-refractivity contribution in [2.75, 3.05) is 19.0 Å². The summed E-state index contributed by atoms with van der Waals surface area (Å²) in [5.74, 6) is -1.83. The van der Waals surface area contributed by atoms with Crippen molar-refractivity contribution >= 4 is 40.9 Å². The Morgan fingerprint density at radius 3 is 2.80 bits per heavy atom. The van der Waals surface area contributed by atoms with Crippen LogP contribution < -0.4 is 10.6 Å². The molecule has 0 saturated carbocycles. The normalized spacial score (nSPS) is 16.6. The van der Waals surface area contributed by atoms with E-state index in [0.717, 1.165) is 11.3 Å². The second-order valence-corrected chi connectivity index (χ2v) is 9.76. The zero-order valence-corrected chi connectivity index (χ0v) is 22.7. The highest BCUT2D eigenvalue weighted by atomic mass is 35.5. The Kier molecular flexibility index (Phi) is 9.74. The van der Waals surface area contributed by atoms with Crippen molar-refractivity contribution in [1.29, 1.82) is 0 Å². The SMILES string of the molecule is COC(=O)Cc1ccc2c(c1)NC(=O)CC/C=C/CC(C(=O)NCCc1cc(Cl)ccc1-n1cnnn1)CC2=O. The third-order valence-electron chi connectivity index (χ3n) is 6.49. The van der Waals surface area contributed by atoms with Gasteiger partial charge in [-0.3, -0.25) is 19.2 Å². The van der Waals surface area contributed by atoms with E-state index in [9.17, 15) is 19.2 Å². The quantitative estimate of drug-likeness (QED) is 0.328. The number of benzene rings is 2. The predicted molar refractivity (Wildman–Crippen MR) is 147 cm³/mol. The predicted octanol–water partition coefficient (Wildman–Crippen LogP) is 3.26. The number of nitrogens with zero attached hydrogens (tertiary/aromatic N) is 4. The van der Waals surface area contributed by atoms with Gasteiger partial charge < -0.3 is 15.4 Å². The molecule has 1 aromatic heterocycles. The fourth-order valence-electron chi connectivity index (χ4n) is 4.42. The average Bonchev–Trinajstić information content (AvgIpc) is 3.46. The first-order valence-electron chi connectivity index (χ1n) is 12.8. The van der Waals surface area contributed by atoms with Crippen LogP contribution in [0.15, 0.2) is 54.9 Å². The summed E-state index contributed by atoms with van der Waals surface area (Å²) in [6.07, 6.45) is 6.62. The molecule has 11 nitrogen and oxygen atoms in total. The van der Waals surface area contributed by atoms with Crippen LogP contribution in [0.3, 0.4) is 0 Å². The van der Waals surface area contributed by atoms with Gasteiger partial charge in [-0.1, -0.05) is 29.8 Å². The lowest BCUT2D eigenvalue weighted by Crippen LogP contribution is -2.33. The Labute approximate surface area is 235 Å². The second kappa shape index (κ2) is 13.6. The summed E-state index contributed by atoms with van der Waals surface area (Å²) in [6.45, 7) is 0.312. The smallest absolute Gasteiger partial charge is 0.309 e. The molecule has 0 bridgehead atoms. The summed E-state index contributed by atoms with van der Waals surface area (Å²) in [7, 11) is 1.29. The number of ether oxygens (including phenoxy) is 1. The number of hydrogen-bond acceptors (Lipinski definition) is 8. The second-order valence-electron chi connectivity index (χ2n) is 9.32. The Morgan fingerprint density at radius 1 is 1.18 bits per heavy atom. The molecule has 2 amide bonds. The molecular weight excluding hydrogens is 536 g/mol. The number of anilines is 1. The Hall–Kier alpha value is -4.38. The molecule has 0 spiro atoms. The zero-order chi connectivity index (χ0) is 28.5. The number of amides is 2. The van der Waals surface area contributed by atoms with E-state index in [0.29, 0.717) is 42.1 Å². The number of tetrazole rings is 1. The van der Waals surface area contributed by atoms with Crippen molar-refractivity contribution < 1.29 is 23.9 Å². The first-order valence-corrected chi connectivity index (χ1v) is 13.2. The van der Waals surface area contributed by atoms with Crippen LogP contribution in [-0.2, 0) is 32.0 Å². The van der Waals surface area contributed by atoms with Gasteiger partial charge in [0.15, 0.2) is 5.78 Å². The van der Waals surface area contributed by atoms with Crippen LogP contribution in [0.4, 0.5) is 5.69 Å². The van der Waals surface area contributed by atoms with E-state index in [1.54, 1.807) is 36.4 Å². The van der Waals surface area contributed by atoms with Gasteiger partial charge in [0, 0.05) is 35.9 Å². The number of ketones is 1. The van der Waals surface area contributed by atoms with Crippen molar-refractivity contribution in [2.24, 2.45) is 5.92 Å². The molecule has 0 fully saturated rings. The summed E-state index contributed by atoms with van der Waals surface area (Å²) in [5, 5.41) is 17.6. The first kappa shape index (κ1) is 28.6. The topological polar surface area (TPSA) is 145 Å². The molecule has 1 unspecified atom stereocenters. The molecule has 2 N–H and O–H groups in total. The molecule has 12 heteroatoms. The van der Waals surface area contributed by atoms with Gasteiger partial charge in [-0.2, -0.15) is 0 Å². The van der Waals surface area contributed by atoms with Gasteiger partial charge in [0.1, 0.15) is 6.33 Å². The van der Waals surface area contributed by atoms with Crippen LogP contribution in [-0.4, -0.2) is 57.4 Å². The number of methoxy groups -OCH3 is 1. The molecule has 40 heavy (non-hydrogen) atoms. The van der Waals surface area contributed by atoms with Crippen molar-refractivity contribution in [1.82, 2.24) is 25.5 Å². The largest absolute Gasteiger partial charge is 0.469 e. The van der Waals surface area contributed by atoms with Crippen molar-refractivity contribution in [3.8, 4) is 5.69 Å². The van der Waals surface area contributed by atoms with Crippen LogP contribution in [0.1, 0.15) is 47.2 Å². The van der Waals surface area contributed by atoms with Crippen LogP contribution in [0.25, 0.3) is 5.69 Å². The zero-order valence-electron chi connectivity index (χ0n) is 21.9. The van der Waals surface area contributed by atoms with E-state index in [2.05, 4.69) is 26.2 Å². The number of Topliss-reactive ketones (excluding diaryl/α,β-unsaturated/α-hetero) is 1. The van der Waals surface area contributed by atoms with E-state index in [1.165, 1.54) is 18.1 Å². The molecular formula is C28H29ClN6O5. The van der Waals surface area contributed by atoms with Crippen LogP contribution in [0.5, 0.6) is 0 Å². The summed E-state index contributed by atoms with van der Waals surface area (Å²) >= 11 is 6.19. The number of nitrogens with one attached hydrogen (secondary N) is 2. The maximum Gasteiger partial charge on any atom is 0.309 e. The monoisotopic (exact) mass is 564 g/mol. The molecule has 2 aromatic carbocycles. The van der Waals surface area contributed by atoms with Gasteiger partial charge in [-0.25, -0.2) is 4.68 Å². The summed E-state index contributed by atoms with van der Waals surface area (Å²) in [6, 6.07) is 10.2. The number of allylic oxidation sites excluding steroid dienone is 2. The number of hydrogen-bond donors (Lipinski definition) is 2. The van der Waals surface area contributed by atoms with E-state index in [4.69, 9.17) is 16.3 Å². The third kappa shape index (κ3) is 7.60. The highest BCUT2D eigenvalue weighted by Gasteiger charge is 2.24. The minimum absolute atomic E-state index is 0.00334. The maximum atomic E-state index is 13.4. The third-order valence-corrected chi connectivity index (χ3v) is 6.73. The minimum Gasteiger partial charge on any atom is -0.469 e. The molecule has 1 aliphatic heterocycles. The van der Waals surface area contributed by atoms with Crippen molar-refractivity contribution in [3.63, 3.8) is 0 Å². The lowest BCUT2D eigenvalue weighted by atomic mass is 9.92. The van der Waals surface area contributed by atoms with Gasteiger partial charge in [-0.05, 0) is 71.1 Å². The van der Waals surface area contributed by atoms with Crippen molar-refractivity contribution in [3.05, 3.63) is 76.6 Å². The number of carbonyl (C=O) groups is 4. The van der Waals surface area contributed by atoms with Crippen LogP contribution in [0, 0.1) is 5.92 Å². The maximum absolute atomic E-state index is 13.4. The number of esters is 1. The highest BCUT2D eigenvalue weighted by Crippen LogP contribution is 2.25. The van der Waals surface area contributed by atoms with Gasteiger partial charge >= 0.3 is 5.97 Å². The lowest BCUT2D eigenvalue weighted by Gasteiger charge is -2.18. The van der Waals surface area contributed by atoms with Gasteiger partial charge in [0.25, 0.3) is 0 Å². The first-order chi connectivity index (χ1) is 19.3. The standard InChI is InChI=1S/C28H29ClN6O5/c1-40-27(38)14-18-7-9-22-23(13-18)32-26(37)6-4-2-3-5-20(16-25(22)36)28(39)30-12-11-19-15-21(29)8-10-24(19)35-17-31-33-34-35/h2-3,7-10,13,15,17,20H,4-6,11-12,14,16H2,1H3,(H,30,39)(H,32,37)/b3-2+. The molecule has 1 aliphatic rings. The van der Waals surface area contributed by atoms with Gasteiger partial charge in [0.2, 0.25) is 11.8 Å². The molecule has 2 heterocycles. The van der Waals surface area contributed by atoms with Crippen molar-refractivity contribution in [2.45, 2.75) is 38.5 Å². The molecule has 208 valence electrons. The van der Waals surface area contributed by atoms with E-state index < -0.39 is 11.9 Å². The summed E-state index contributed by atoms with van der Waals surface area (Å²) < 4.78 is 6.25. The Bertz CT molecular complexity index is 1420. The fourth-order valence-corrected chi connectivity index (χ4v) is 4.62. The van der Waals surface area contributed by atoms with Crippen LogP contribution in [0.2, 0.25) is 5.02 Å². The van der Waals surface area contributed by atoms with Gasteiger partial charge in [0.05, 0.1) is 24.9 Å². The lowest BCUT2D eigenvalue weighted by molar-refractivity contribution is -0.139. The Morgan fingerprint density at radius 2 is 2.02 bits per heavy atom. The number of fused-ring (bicyclic) bond motifs is 1. The molecule has 4 rings (SSSR count).